The average Bonchev–Trinajstić information content (AvgIpc) is 3.29. The lowest BCUT2D eigenvalue weighted by molar-refractivity contribution is -0.123. The zero-order valence-corrected chi connectivity index (χ0v) is 17.7. The van der Waals surface area contributed by atoms with Gasteiger partial charge < -0.3 is 5.32 Å². The van der Waals surface area contributed by atoms with E-state index in [1.165, 1.54) is 41.7 Å². The first-order valence-electron chi connectivity index (χ1n) is 9.32. The van der Waals surface area contributed by atoms with Gasteiger partial charge in [-0.1, -0.05) is 24.3 Å². The highest BCUT2D eigenvalue weighted by atomic mass is 32.2. The Morgan fingerprint density at radius 2 is 1.90 bits per heavy atom. The number of nitrogens with zero attached hydrogens (tertiary/aromatic N) is 2. The number of imide groups is 1. The molecule has 0 radical (unpaired) electrons. The van der Waals surface area contributed by atoms with Crippen LogP contribution in [0.15, 0.2) is 59.5 Å². The number of benzene rings is 2. The van der Waals surface area contributed by atoms with Crippen molar-refractivity contribution in [3.8, 4) is 0 Å². The first-order valence-corrected chi connectivity index (χ1v) is 11.0. The molecule has 1 aromatic heterocycles. The highest BCUT2D eigenvalue weighted by Gasteiger charge is 2.34. The van der Waals surface area contributed by atoms with Crippen LogP contribution in [0.25, 0.3) is 22.4 Å². The molecule has 1 N–H and O–H groups in total. The summed E-state index contributed by atoms with van der Waals surface area (Å²) in [4.78, 5) is 42.4. The third kappa shape index (κ3) is 5.07. The first-order chi connectivity index (χ1) is 15.0. The van der Waals surface area contributed by atoms with Crippen molar-refractivity contribution in [2.75, 3.05) is 13.1 Å². The van der Waals surface area contributed by atoms with Crippen LogP contribution in [0.1, 0.15) is 10.6 Å². The molecule has 0 atom stereocenters. The molecule has 31 heavy (non-hydrogen) atoms. The van der Waals surface area contributed by atoms with Crippen molar-refractivity contribution >= 4 is 62.5 Å². The Kier molecular flexibility index (Phi) is 6.24. The van der Waals surface area contributed by atoms with Crippen LogP contribution >= 0.6 is 23.1 Å². The van der Waals surface area contributed by atoms with Gasteiger partial charge in [0.25, 0.3) is 11.1 Å². The second-order valence-electron chi connectivity index (χ2n) is 6.53. The Morgan fingerprint density at radius 3 is 2.68 bits per heavy atom. The lowest BCUT2D eigenvalue weighted by Crippen LogP contribution is -2.36. The molecule has 3 aromatic rings. The summed E-state index contributed by atoms with van der Waals surface area (Å²) in [5.41, 5.74) is 1.50. The number of carbonyl (C=O) groups excluding carboxylic acids is 3. The van der Waals surface area contributed by atoms with Crippen LogP contribution in [-0.4, -0.2) is 40.0 Å². The van der Waals surface area contributed by atoms with Gasteiger partial charge in [0.1, 0.15) is 10.8 Å². The molecule has 2 heterocycles. The highest BCUT2D eigenvalue weighted by molar-refractivity contribution is 8.18. The number of thioether (sulfide) groups is 1. The summed E-state index contributed by atoms with van der Waals surface area (Å²) in [6.45, 7) is 0.191. The Morgan fingerprint density at radius 1 is 1.13 bits per heavy atom. The summed E-state index contributed by atoms with van der Waals surface area (Å²) in [7, 11) is 0. The van der Waals surface area contributed by atoms with Gasteiger partial charge in [-0.25, -0.2) is 9.37 Å². The number of hydrogen-bond donors (Lipinski definition) is 1. The number of thiazole rings is 1. The van der Waals surface area contributed by atoms with Gasteiger partial charge in [-0.15, -0.1) is 11.3 Å². The minimum atomic E-state index is -0.432. The second kappa shape index (κ2) is 9.23. The van der Waals surface area contributed by atoms with E-state index in [0.29, 0.717) is 10.6 Å². The third-order valence-corrected chi connectivity index (χ3v) is 6.27. The number of nitrogens with one attached hydrogen (secondary N) is 1. The van der Waals surface area contributed by atoms with Gasteiger partial charge in [-0.3, -0.25) is 19.3 Å². The number of aromatic nitrogens is 1. The maximum Gasteiger partial charge on any atom is 0.293 e. The van der Waals surface area contributed by atoms with E-state index in [1.54, 1.807) is 12.2 Å². The topological polar surface area (TPSA) is 79.4 Å². The summed E-state index contributed by atoms with van der Waals surface area (Å²) < 4.78 is 14.0. The molecule has 4 rings (SSSR count). The standard InChI is InChI=1S/C22H16FN3O3S2/c23-15-7-5-14(6-8-15)13-18-21(28)26(22(29)31-18)12-11-24-19(27)9-10-20-25-16-3-1-2-4-17(16)30-20/h1-10,13H,11-12H2,(H,24,27)/b10-9+,18-13+. The molecule has 0 bridgehead atoms. The highest BCUT2D eigenvalue weighted by Crippen LogP contribution is 2.31. The normalized spacial score (nSPS) is 15.5. The Balaban J connectivity index is 1.30. The van der Waals surface area contributed by atoms with Crippen molar-refractivity contribution < 1.29 is 18.8 Å². The molecule has 1 aliphatic rings. The van der Waals surface area contributed by atoms with Crippen molar-refractivity contribution in [3.63, 3.8) is 0 Å². The van der Waals surface area contributed by atoms with E-state index in [1.807, 2.05) is 24.3 Å². The Labute approximate surface area is 185 Å². The Hall–Kier alpha value is -3.30. The van der Waals surface area contributed by atoms with Crippen molar-refractivity contribution in [1.82, 2.24) is 15.2 Å². The van der Waals surface area contributed by atoms with Crippen LogP contribution in [0.4, 0.5) is 9.18 Å². The maximum atomic E-state index is 13.0. The van der Waals surface area contributed by atoms with E-state index in [9.17, 15) is 18.8 Å². The molecular formula is C22H16FN3O3S2. The van der Waals surface area contributed by atoms with Gasteiger partial charge in [0.15, 0.2) is 0 Å². The van der Waals surface area contributed by atoms with E-state index < -0.39 is 11.1 Å². The van der Waals surface area contributed by atoms with Crippen LogP contribution in [0.3, 0.4) is 0 Å². The molecule has 6 nitrogen and oxygen atoms in total. The zero-order chi connectivity index (χ0) is 21.8. The maximum absolute atomic E-state index is 13.0. The summed E-state index contributed by atoms with van der Waals surface area (Å²) in [5, 5.41) is 2.97. The monoisotopic (exact) mass is 453 g/mol. The van der Waals surface area contributed by atoms with Crippen molar-refractivity contribution in [2.24, 2.45) is 0 Å². The molecule has 3 amide bonds. The predicted octanol–water partition coefficient (Wildman–Crippen LogP) is 4.30. The molecule has 1 fully saturated rings. The van der Waals surface area contributed by atoms with Gasteiger partial charge in [-0.05, 0) is 53.7 Å². The van der Waals surface area contributed by atoms with Gasteiger partial charge in [0.2, 0.25) is 5.91 Å². The Bertz CT molecular complexity index is 1190. The summed E-state index contributed by atoms with van der Waals surface area (Å²) >= 11 is 2.30. The third-order valence-electron chi connectivity index (χ3n) is 4.36. The SMILES string of the molecule is O=C(/C=C/c1nc2ccccc2s1)NCCN1C(=O)S/C(=C/c2ccc(F)cc2)C1=O. The number of fused-ring (bicyclic) bond motifs is 1. The molecule has 156 valence electrons. The fraction of sp³-hybridized carbons (Fsp3) is 0.0909. The van der Waals surface area contributed by atoms with Crippen molar-refractivity contribution in [1.29, 1.82) is 0 Å². The fourth-order valence-electron chi connectivity index (χ4n) is 2.86. The van der Waals surface area contributed by atoms with E-state index in [0.717, 1.165) is 26.9 Å². The average molecular weight is 454 g/mol. The number of rotatable bonds is 6. The molecule has 0 aliphatic carbocycles. The van der Waals surface area contributed by atoms with Gasteiger partial charge in [0, 0.05) is 19.2 Å². The van der Waals surface area contributed by atoms with Crippen LogP contribution in [0.2, 0.25) is 0 Å². The van der Waals surface area contributed by atoms with Gasteiger partial charge >= 0.3 is 0 Å². The lowest BCUT2D eigenvalue weighted by atomic mass is 10.2. The minimum Gasteiger partial charge on any atom is -0.351 e. The van der Waals surface area contributed by atoms with E-state index in [2.05, 4.69) is 10.3 Å². The van der Waals surface area contributed by atoms with Gasteiger partial charge in [-0.2, -0.15) is 0 Å². The largest absolute Gasteiger partial charge is 0.351 e. The van der Waals surface area contributed by atoms with Crippen LogP contribution < -0.4 is 5.32 Å². The molecule has 0 saturated carbocycles. The van der Waals surface area contributed by atoms with Crippen molar-refractivity contribution in [2.45, 2.75) is 0 Å². The molecule has 1 saturated heterocycles. The summed E-state index contributed by atoms with van der Waals surface area (Å²) in [6.07, 6.45) is 4.55. The number of carbonyl (C=O) groups is 3. The fourth-order valence-corrected chi connectivity index (χ4v) is 4.60. The molecule has 0 unspecified atom stereocenters. The quantitative estimate of drug-likeness (QED) is 0.563. The van der Waals surface area contributed by atoms with E-state index in [-0.39, 0.29) is 29.7 Å². The smallest absolute Gasteiger partial charge is 0.293 e. The van der Waals surface area contributed by atoms with E-state index >= 15 is 0 Å². The molecule has 2 aromatic carbocycles. The molecular weight excluding hydrogens is 437 g/mol. The van der Waals surface area contributed by atoms with Crippen LogP contribution in [0, 0.1) is 5.82 Å². The molecule has 9 heteroatoms. The molecule has 0 spiro atoms. The van der Waals surface area contributed by atoms with Crippen molar-refractivity contribution in [3.05, 3.63) is 75.9 Å². The number of para-hydroxylation sites is 1. The van der Waals surface area contributed by atoms with Gasteiger partial charge in [0.05, 0.1) is 15.1 Å². The lowest BCUT2D eigenvalue weighted by Gasteiger charge is -2.12. The summed E-state index contributed by atoms with van der Waals surface area (Å²) in [6, 6.07) is 13.3. The number of hydrogen-bond acceptors (Lipinski definition) is 6. The molecule has 1 aliphatic heterocycles. The summed E-state index contributed by atoms with van der Waals surface area (Å²) in [5.74, 6) is -1.15. The second-order valence-corrected chi connectivity index (χ2v) is 8.58. The number of halogens is 1. The first kappa shape index (κ1) is 21.0. The van der Waals surface area contributed by atoms with Crippen LogP contribution in [0.5, 0.6) is 0 Å². The minimum absolute atomic E-state index is 0.0616. The predicted molar refractivity (Wildman–Crippen MR) is 121 cm³/mol. The number of amides is 3. The van der Waals surface area contributed by atoms with Crippen LogP contribution in [-0.2, 0) is 9.59 Å². The zero-order valence-electron chi connectivity index (χ0n) is 16.1. The van der Waals surface area contributed by atoms with E-state index in [4.69, 9.17) is 0 Å².